The van der Waals surface area contributed by atoms with Crippen molar-refractivity contribution < 1.29 is 14.3 Å². The van der Waals surface area contributed by atoms with E-state index in [1.165, 1.54) is 0 Å². The van der Waals surface area contributed by atoms with E-state index in [9.17, 15) is 9.59 Å². The number of benzene rings is 3. The molecule has 3 aromatic carbocycles. The van der Waals surface area contributed by atoms with Crippen LogP contribution < -0.4 is 20.7 Å². The number of hydrogen-bond acceptors (Lipinski definition) is 4. The van der Waals surface area contributed by atoms with Gasteiger partial charge in [-0.3, -0.25) is 9.59 Å². The van der Waals surface area contributed by atoms with Crippen LogP contribution in [-0.2, 0) is 11.3 Å². The summed E-state index contributed by atoms with van der Waals surface area (Å²) in [6, 6.07) is 24.1. The van der Waals surface area contributed by atoms with Crippen LogP contribution in [0.3, 0.4) is 0 Å². The Kier molecular flexibility index (Phi) is 7.65. The van der Waals surface area contributed by atoms with Crippen LogP contribution in [0.2, 0.25) is 0 Å². The van der Waals surface area contributed by atoms with Crippen molar-refractivity contribution in [2.45, 2.75) is 26.5 Å². The van der Waals surface area contributed by atoms with Crippen molar-refractivity contribution in [1.82, 2.24) is 5.32 Å². The molecule has 3 rings (SSSR count). The predicted octanol–water partition coefficient (Wildman–Crippen LogP) is 4.45. The van der Waals surface area contributed by atoms with E-state index in [4.69, 9.17) is 4.74 Å². The van der Waals surface area contributed by atoms with Crippen LogP contribution in [0.15, 0.2) is 78.9 Å². The summed E-state index contributed by atoms with van der Waals surface area (Å²) in [5.41, 5.74) is 2.99. The lowest BCUT2D eigenvalue weighted by atomic mass is 10.1. The van der Waals surface area contributed by atoms with E-state index >= 15 is 0 Å². The molecule has 160 valence electrons. The summed E-state index contributed by atoms with van der Waals surface area (Å²) >= 11 is 0. The number of nitrogens with one attached hydrogen (secondary N) is 3. The summed E-state index contributed by atoms with van der Waals surface area (Å²) in [5, 5.41) is 8.82. The molecule has 0 saturated heterocycles. The quantitative estimate of drug-likeness (QED) is 0.480. The molecule has 0 radical (unpaired) electrons. The minimum Gasteiger partial charge on any atom is -0.489 e. The number of amides is 2. The lowest BCUT2D eigenvalue weighted by Crippen LogP contribution is -2.23. The van der Waals surface area contributed by atoms with Crippen molar-refractivity contribution in [1.29, 1.82) is 0 Å². The summed E-state index contributed by atoms with van der Waals surface area (Å²) in [6.07, 6.45) is 0.0135. The van der Waals surface area contributed by atoms with Crippen molar-refractivity contribution in [3.63, 3.8) is 0 Å². The Bertz CT molecular complexity index is 1000. The van der Waals surface area contributed by atoms with Gasteiger partial charge in [-0.25, -0.2) is 0 Å². The van der Waals surface area contributed by atoms with Gasteiger partial charge in [0.2, 0.25) is 5.91 Å². The number of rotatable bonds is 9. The molecule has 0 aliphatic heterocycles. The van der Waals surface area contributed by atoms with Gasteiger partial charge < -0.3 is 20.7 Å². The molecule has 0 unspecified atom stereocenters. The van der Waals surface area contributed by atoms with E-state index in [0.29, 0.717) is 23.5 Å². The maximum atomic E-state index is 12.3. The third-order valence-electron chi connectivity index (χ3n) is 4.42. The maximum absolute atomic E-state index is 12.3. The van der Waals surface area contributed by atoms with Crippen LogP contribution in [0, 0.1) is 0 Å². The molecule has 2 amide bonds. The van der Waals surface area contributed by atoms with E-state index in [1.807, 2.05) is 62.4 Å². The zero-order valence-corrected chi connectivity index (χ0v) is 17.7. The van der Waals surface area contributed by atoms with Crippen molar-refractivity contribution in [3.05, 3.63) is 90.0 Å². The standard InChI is InChI=1S/C25H27N3O3/c1-18(2)31-23-11-7-6-10-22(23)28-24(29)17-26-21-14-12-20(13-15-21)25(30)27-16-19-8-4-3-5-9-19/h3-15,18,26H,16-17H2,1-2H3,(H,27,30)(H,28,29). The van der Waals surface area contributed by atoms with Crippen molar-refractivity contribution in [3.8, 4) is 5.75 Å². The van der Waals surface area contributed by atoms with Crippen LogP contribution in [0.5, 0.6) is 5.75 Å². The largest absolute Gasteiger partial charge is 0.489 e. The normalized spacial score (nSPS) is 10.4. The molecule has 0 aliphatic rings. The Balaban J connectivity index is 1.49. The van der Waals surface area contributed by atoms with E-state index in [2.05, 4.69) is 16.0 Å². The molecule has 0 atom stereocenters. The lowest BCUT2D eigenvalue weighted by molar-refractivity contribution is -0.114. The second-order valence-corrected chi connectivity index (χ2v) is 7.31. The SMILES string of the molecule is CC(C)Oc1ccccc1NC(=O)CNc1ccc(C(=O)NCc2ccccc2)cc1. The highest BCUT2D eigenvalue weighted by molar-refractivity contribution is 5.96. The molecule has 3 N–H and O–H groups in total. The van der Waals surface area contributed by atoms with Crippen LogP contribution in [0.25, 0.3) is 0 Å². The van der Waals surface area contributed by atoms with Gasteiger partial charge in [0.1, 0.15) is 5.75 Å². The van der Waals surface area contributed by atoms with E-state index in [1.54, 1.807) is 30.3 Å². The Morgan fingerprint density at radius 1 is 0.871 bits per heavy atom. The number of anilines is 2. The van der Waals surface area contributed by atoms with Gasteiger partial charge in [0, 0.05) is 17.8 Å². The lowest BCUT2D eigenvalue weighted by Gasteiger charge is -2.15. The number of ether oxygens (including phenoxy) is 1. The molecule has 6 nitrogen and oxygen atoms in total. The van der Waals surface area contributed by atoms with E-state index < -0.39 is 0 Å². The van der Waals surface area contributed by atoms with Gasteiger partial charge >= 0.3 is 0 Å². The molecule has 0 spiro atoms. The van der Waals surface area contributed by atoms with Gasteiger partial charge in [-0.15, -0.1) is 0 Å². The molecular weight excluding hydrogens is 390 g/mol. The zero-order chi connectivity index (χ0) is 22.1. The molecule has 0 saturated carbocycles. The fourth-order valence-corrected chi connectivity index (χ4v) is 2.92. The smallest absolute Gasteiger partial charge is 0.251 e. The van der Waals surface area contributed by atoms with E-state index in [0.717, 1.165) is 11.3 Å². The summed E-state index contributed by atoms with van der Waals surface area (Å²) in [5.74, 6) is 0.302. The first-order valence-corrected chi connectivity index (χ1v) is 10.2. The molecule has 3 aromatic rings. The highest BCUT2D eigenvalue weighted by atomic mass is 16.5. The second kappa shape index (κ2) is 10.8. The Morgan fingerprint density at radius 2 is 1.55 bits per heavy atom. The number of carbonyl (C=O) groups excluding carboxylic acids is 2. The maximum Gasteiger partial charge on any atom is 0.251 e. The third-order valence-corrected chi connectivity index (χ3v) is 4.42. The molecule has 0 aliphatic carbocycles. The summed E-state index contributed by atoms with van der Waals surface area (Å²) in [6.45, 7) is 4.44. The average molecular weight is 418 g/mol. The van der Waals surface area contributed by atoms with Crippen LogP contribution in [0.1, 0.15) is 29.8 Å². The van der Waals surface area contributed by atoms with Crippen LogP contribution in [-0.4, -0.2) is 24.5 Å². The van der Waals surface area contributed by atoms with E-state index in [-0.39, 0.29) is 24.5 Å². The van der Waals surface area contributed by atoms with Crippen molar-refractivity contribution in [2.75, 3.05) is 17.2 Å². The van der Waals surface area contributed by atoms with Gasteiger partial charge in [0.05, 0.1) is 18.3 Å². The molecular formula is C25H27N3O3. The number of hydrogen-bond donors (Lipinski definition) is 3. The van der Waals surface area contributed by atoms with Gasteiger partial charge in [-0.1, -0.05) is 42.5 Å². The molecule has 0 aromatic heterocycles. The molecule has 0 fully saturated rings. The predicted molar refractivity (Wildman–Crippen MR) is 123 cm³/mol. The fraction of sp³-hybridized carbons (Fsp3) is 0.200. The first kappa shape index (κ1) is 21.9. The highest BCUT2D eigenvalue weighted by Gasteiger charge is 2.09. The molecule has 6 heteroatoms. The van der Waals surface area contributed by atoms with Gasteiger partial charge in [-0.05, 0) is 55.8 Å². The third kappa shape index (κ3) is 6.89. The fourth-order valence-electron chi connectivity index (χ4n) is 2.92. The van der Waals surface area contributed by atoms with Gasteiger partial charge in [-0.2, -0.15) is 0 Å². The topological polar surface area (TPSA) is 79.5 Å². The zero-order valence-electron chi connectivity index (χ0n) is 17.7. The van der Waals surface area contributed by atoms with Gasteiger partial charge in [0.25, 0.3) is 5.91 Å². The molecule has 31 heavy (non-hydrogen) atoms. The minimum atomic E-state index is -0.190. The van der Waals surface area contributed by atoms with Gasteiger partial charge in [0.15, 0.2) is 0 Å². The molecule has 0 heterocycles. The number of para-hydroxylation sites is 2. The Hall–Kier alpha value is -3.80. The van der Waals surface area contributed by atoms with Crippen LogP contribution >= 0.6 is 0 Å². The number of carbonyl (C=O) groups is 2. The second-order valence-electron chi connectivity index (χ2n) is 7.31. The average Bonchev–Trinajstić information content (AvgIpc) is 2.78. The Morgan fingerprint density at radius 3 is 2.26 bits per heavy atom. The summed E-state index contributed by atoms with van der Waals surface area (Å²) in [4.78, 5) is 24.6. The highest BCUT2D eigenvalue weighted by Crippen LogP contribution is 2.24. The first-order chi connectivity index (χ1) is 15.0. The minimum absolute atomic E-state index is 0.0135. The van der Waals surface area contributed by atoms with Crippen LogP contribution in [0.4, 0.5) is 11.4 Å². The summed E-state index contributed by atoms with van der Waals surface area (Å²) in [7, 11) is 0. The Labute approximate surface area is 182 Å². The van der Waals surface area contributed by atoms with Crippen molar-refractivity contribution >= 4 is 23.2 Å². The van der Waals surface area contributed by atoms with Crippen molar-refractivity contribution in [2.24, 2.45) is 0 Å². The monoisotopic (exact) mass is 417 g/mol. The summed E-state index contributed by atoms with van der Waals surface area (Å²) < 4.78 is 5.72. The first-order valence-electron chi connectivity index (χ1n) is 10.2. The molecule has 0 bridgehead atoms.